The molecular formula is C10H16. The molecule has 0 radical (unpaired) electrons. The Morgan fingerprint density at radius 3 is 1.90 bits per heavy atom. The Morgan fingerprint density at radius 2 is 1.80 bits per heavy atom. The van der Waals surface area contributed by atoms with Crippen molar-refractivity contribution in [3.05, 3.63) is 16.9 Å². The minimum atomic E-state index is 0.442. The summed E-state index contributed by atoms with van der Waals surface area (Å²) < 4.78 is 0. The van der Waals surface area contributed by atoms with Crippen LogP contribution in [0.3, 0.4) is 0 Å². The first-order valence-corrected chi connectivity index (χ1v) is 3.90. The molecule has 0 saturated heterocycles. The SMILES string of the molecule is CC(C)=C=C1[C@@H](C)C1(C)C. The molecule has 0 heteroatoms. The fraction of sp³-hybridized carbons (Fsp3) is 0.700. The van der Waals surface area contributed by atoms with E-state index in [1.54, 1.807) is 0 Å². The second-order valence-corrected chi connectivity index (χ2v) is 3.98. The van der Waals surface area contributed by atoms with Gasteiger partial charge in [-0.2, -0.15) is 0 Å². The molecule has 56 valence electrons. The average molecular weight is 136 g/mol. The largest absolute Gasteiger partial charge is 0.122 e. The lowest BCUT2D eigenvalue weighted by Gasteiger charge is -1.91. The highest BCUT2D eigenvalue weighted by Gasteiger charge is 2.48. The minimum Gasteiger partial charge on any atom is -0.122 e. The molecule has 0 heterocycles. The van der Waals surface area contributed by atoms with Crippen LogP contribution >= 0.6 is 0 Å². The molecule has 1 aliphatic carbocycles. The van der Waals surface area contributed by atoms with Crippen LogP contribution in [0.25, 0.3) is 0 Å². The molecule has 1 atom stereocenters. The van der Waals surface area contributed by atoms with Gasteiger partial charge in [0, 0.05) is 5.41 Å². The lowest BCUT2D eigenvalue weighted by atomic mass is 10.1. The molecule has 0 bridgehead atoms. The second kappa shape index (κ2) is 2.00. The summed E-state index contributed by atoms with van der Waals surface area (Å²) in [5.41, 5.74) is 6.62. The normalized spacial score (nSPS) is 27.7. The molecule has 1 fully saturated rings. The van der Waals surface area contributed by atoms with E-state index in [0.29, 0.717) is 5.41 Å². The van der Waals surface area contributed by atoms with Gasteiger partial charge < -0.3 is 0 Å². The van der Waals surface area contributed by atoms with Crippen LogP contribution in [0.15, 0.2) is 16.9 Å². The van der Waals surface area contributed by atoms with Crippen molar-refractivity contribution in [1.29, 1.82) is 0 Å². The Kier molecular flexibility index (Phi) is 1.53. The summed E-state index contributed by atoms with van der Waals surface area (Å²) in [4.78, 5) is 0. The average Bonchev–Trinajstić information content (AvgIpc) is 2.17. The highest BCUT2D eigenvalue weighted by atomic mass is 14.5. The maximum atomic E-state index is 3.39. The predicted octanol–water partition coefficient (Wildman–Crippen LogP) is 3.15. The standard InChI is InChI=1S/C10H16/c1-7(2)6-9-8(3)10(9,4)5/h8H,1-5H3/t8-/m1/s1. The summed E-state index contributed by atoms with van der Waals surface area (Å²) in [5, 5.41) is 0. The Bertz CT molecular complexity index is 208. The first-order valence-electron chi connectivity index (χ1n) is 3.90. The number of rotatable bonds is 0. The van der Waals surface area contributed by atoms with Crippen LogP contribution in [0.1, 0.15) is 34.6 Å². The molecule has 0 amide bonds. The second-order valence-electron chi connectivity index (χ2n) is 3.98. The Hall–Kier alpha value is -0.480. The van der Waals surface area contributed by atoms with Crippen molar-refractivity contribution in [1.82, 2.24) is 0 Å². The lowest BCUT2D eigenvalue weighted by Crippen LogP contribution is -1.83. The Labute approximate surface area is 63.6 Å². The molecule has 0 aliphatic heterocycles. The van der Waals surface area contributed by atoms with Crippen LogP contribution < -0.4 is 0 Å². The zero-order valence-corrected chi connectivity index (χ0v) is 7.58. The third-order valence-corrected chi connectivity index (χ3v) is 2.51. The fourth-order valence-corrected chi connectivity index (χ4v) is 1.31. The van der Waals surface area contributed by atoms with Gasteiger partial charge >= 0.3 is 0 Å². The van der Waals surface area contributed by atoms with E-state index in [2.05, 4.69) is 40.3 Å². The molecule has 0 nitrogen and oxygen atoms in total. The lowest BCUT2D eigenvalue weighted by molar-refractivity contribution is 0.596. The van der Waals surface area contributed by atoms with Gasteiger partial charge in [0.2, 0.25) is 0 Å². The third kappa shape index (κ3) is 1.04. The van der Waals surface area contributed by atoms with E-state index < -0.39 is 0 Å². The van der Waals surface area contributed by atoms with Gasteiger partial charge in [0.05, 0.1) is 0 Å². The summed E-state index contributed by atoms with van der Waals surface area (Å²) in [6.45, 7) is 11.0. The van der Waals surface area contributed by atoms with E-state index in [1.807, 2.05) is 0 Å². The van der Waals surface area contributed by atoms with Gasteiger partial charge in [-0.05, 0) is 30.9 Å². The summed E-state index contributed by atoms with van der Waals surface area (Å²) >= 11 is 0. The van der Waals surface area contributed by atoms with Crippen molar-refractivity contribution in [3.8, 4) is 0 Å². The van der Waals surface area contributed by atoms with Crippen molar-refractivity contribution in [2.45, 2.75) is 34.6 Å². The van der Waals surface area contributed by atoms with Crippen molar-refractivity contribution in [2.75, 3.05) is 0 Å². The molecule has 0 unspecified atom stereocenters. The molecule has 1 rings (SSSR count). The van der Waals surface area contributed by atoms with E-state index >= 15 is 0 Å². The van der Waals surface area contributed by atoms with Gasteiger partial charge in [-0.15, -0.1) is 5.73 Å². The highest BCUT2D eigenvalue weighted by Crippen LogP contribution is 2.56. The van der Waals surface area contributed by atoms with Crippen LogP contribution in [0, 0.1) is 11.3 Å². The van der Waals surface area contributed by atoms with E-state index in [1.165, 1.54) is 11.1 Å². The molecule has 0 spiro atoms. The van der Waals surface area contributed by atoms with Gasteiger partial charge in [-0.3, -0.25) is 0 Å². The summed E-state index contributed by atoms with van der Waals surface area (Å²) in [6, 6.07) is 0. The quantitative estimate of drug-likeness (QED) is 0.449. The van der Waals surface area contributed by atoms with Gasteiger partial charge in [-0.1, -0.05) is 20.8 Å². The summed E-state index contributed by atoms with van der Waals surface area (Å²) in [7, 11) is 0. The summed E-state index contributed by atoms with van der Waals surface area (Å²) in [6.07, 6.45) is 0. The third-order valence-electron chi connectivity index (χ3n) is 2.51. The Morgan fingerprint density at radius 1 is 1.40 bits per heavy atom. The fourth-order valence-electron chi connectivity index (χ4n) is 1.31. The van der Waals surface area contributed by atoms with Gasteiger partial charge in [-0.25, -0.2) is 0 Å². The molecular weight excluding hydrogens is 120 g/mol. The summed E-state index contributed by atoms with van der Waals surface area (Å²) in [5.74, 6) is 0.752. The van der Waals surface area contributed by atoms with E-state index in [4.69, 9.17) is 0 Å². The molecule has 1 saturated carbocycles. The zero-order valence-electron chi connectivity index (χ0n) is 7.58. The molecule has 0 aromatic rings. The van der Waals surface area contributed by atoms with Crippen LogP contribution in [0.2, 0.25) is 0 Å². The van der Waals surface area contributed by atoms with Crippen molar-refractivity contribution >= 4 is 0 Å². The van der Waals surface area contributed by atoms with E-state index in [9.17, 15) is 0 Å². The molecule has 0 aromatic carbocycles. The van der Waals surface area contributed by atoms with Crippen LogP contribution in [-0.2, 0) is 0 Å². The van der Waals surface area contributed by atoms with Gasteiger partial charge in [0.15, 0.2) is 0 Å². The molecule has 1 aliphatic rings. The van der Waals surface area contributed by atoms with Gasteiger partial charge in [0.1, 0.15) is 0 Å². The first-order chi connectivity index (χ1) is 4.46. The number of hydrogen-bond acceptors (Lipinski definition) is 0. The van der Waals surface area contributed by atoms with Crippen LogP contribution in [0.4, 0.5) is 0 Å². The highest BCUT2D eigenvalue weighted by molar-refractivity contribution is 5.34. The molecule has 10 heavy (non-hydrogen) atoms. The van der Waals surface area contributed by atoms with E-state index in [-0.39, 0.29) is 0 Å². The molecule has 0 N–H and O–H groups in total. The Balaban J connectivity index is 2.94. The predicted molar refractivity (Wildman–Crippen MR) is 44.8 cm³/mol. The number of allylic oxidation sites excluding steroid dienone is 1. The van der Waals surface area contributed by atoms with E-state index in [0.717, 1.165) is 5.92 Å². The maximum Gasteiger partial charge on any atom is 0.000324 e. The zero-order chi connectivity index (χ0) is 7.94. The van der Waals surface area contributed by atoms with Gasteiger partial charge in [0.25, 0.3) is 0 Å². The number of hydrogen-bond donors (Lipinski definition) is 0. The smallest absolute Gasteiger partial charge is 0.000324 e. The van der Waals surface area contributed by atoms with Crippen LogP contribution in [0.5, 0.6) is 0 Å². The minimum absolute atomic E-state index is 0.442. The molecule has 0 aromatic heterocycles. The topological polar surface area (TPSA) is 0 Å². The van der Waals surface area contributed by atoms with Crippen molar-refractivity contribution < 1.29 is 0 Å². The monoisotopic (exact) mass is 136 g/mol. The maximum absolute atomic E-state index is 3.39. The van der Waals surface area contributed by atoms with Crippen LogP contribution in [-0.4, -0.2) is 0 Å². The van der Waals surface area contributed by atoms with Crippen molar-refractivity contribution in [2.24, 2.45) is 11.3 Å². The van der Waals surface area contributed by atoms with Crippen molar-refractivity contribution in [3.63, 3.8) is 0 Å². The first kappa shape index (κ1) is 7.63.